The van der Waals surface area contributed by atoms with E-state index in [-0.39, 0.29) is 0 Å². The Kier molecular flexibility index (Phi) is 1.85. The van der Waals surface area contributed by atoms with Crippen molar-refractivity contribution in [3.05, 3.63) is 10.7 Å². The molecule has 0 fully saturated rings. The van der Waals surface area contributed by atoms with E-state index in [1.807, 2.05) is 13.8 Å². The number of nitrogens with two attached hydrogens (primary N) is 1. The summed E-state index contributed by atoms with van der Waals surface area (Å²) in [6.45, 7) is 4.70. The minimum atomic E-state index is 0.418. The number of rotatable bonds is 1. The third-order valence-electron chi connectivity index (χ3n) is 1.46. The van der Waals surface area contributed by atoms with Crippen LogP contribution in [0.5, 0.6) is 0 Å². The summed E-state index contributed by atoms with van der Waals surface area (Å²) in [5, 5.41) is 4.56. The number of nitrogens with zero attached hydrogens (tertiary/aromatic N) is 2. The average Bonchev–Trinajstić information content (AvgIpc) is 2.17. The highest BCUT2D eigenvalue weighted by Crippen LogP contribution is 2.20. The van der Waals surface area contributed by atoms with Crippen LogP contribution in [0.4, 0.5) is 5.82 Å². The lowest BCUT2D eigenvalue weighted by molar-refractivity contribution is 0.642. The summed E-state index contributed by atoms with van der Waals surface area (Å²) >= 11 is 5.77. The Hall–Kier alpha value is -0.700. The van der Waals surface area contributed by atoms with Crippen LogP contribution in [-0.4, -0.2) is 9.78 Å². The topological polar surface area (TPSA) is 43.8 Å². The van der Waals surface area contributed by atoms with Crippen LogP contribution in [-0.2, 0) is 6.54 Å². The summed E-state index contributed by atoms with van der Waals surface area (Å²) in [6.07, 6.45) is 0. The molecule has 0 aliphatic heterocycles. The molecule has 0 amide bonds. The molecule has 1 heterocycles. The summed E-state index contributed by atoms with van der Waals surface area (Å²) in [5.41, 5.74) is 6.39. The number of hydrogen-bond acceptors (Lipinski definition) is 2. The van der Waals surface area contributed by atoms with E-state index in [0.29, 0.717) is 10.8 Å². The fraction of sp³-hybridized carbons (Fsp3) is 0.500. The van der Waals surface area contributed by atoms with Crippen molar-refractivity contribution in [1.29, 1.82) is 0 Å². The summed E-state index contributed by atoms with van der Waals surface area (Å²) < 4.78 is 1.78. The van der Waals surface area contributed by atoms with Crippen molar-refractivity contribution in [2.24, 2.45) is 0 Å². The second-order valence-electron chi connectivity index (χ2n) is 2.10. The third-order valence-corrected chi connectivity index (χ3v) is 1.92. The maximum atomic E-state index is 5.77. The molecular formula is C6H10ClN3. The van der Waals surface area contributed by atoms with Gasteiger partial charge in [0.25, 0.3) is 0 Å². The van der Waals surface area contributed by atoms with Crippen LogP contribution >= 0.6 is 11.6 Å². The van der Waals surface area contributed by atoms with Crippen LogP contribution in [0.15, 0.2) is 0 Å². The van der Waals surface area contributed by atoms with E-state index in [2.05, 4.69) is 5.10 Å². The molecule has 0 bridgehead atoms. The standard InChI is InChI=1S/C6H10ClN3/c1-3-10-4(2)5(7)6(8)9-10/h3H2,1-2H3,(H2,8,9). The zero-order valence-corrected chi connectivity index (χ0v) is 6.81. The van der Waals surface area contributed by atoms with E-state index < -0.39 is 0 Å². The molecule has 1 rings (SSSR count). The smallest absolute Gasteiger partial charge is 0.164 e. The number of nitrogen functional groups attached to an aromatic ring is 1. The van der Waals surface area contributed by atoms with E-state index >= 15 is 0 Å². The predicted molar refractivity (Wildman–Crippen MR) is 42.1 cm³/mol. The predicted octanol–water partition coefficient (Wildman–Crippen LogP) is 1.45. The van der Waals surface area contributed by atoms with Crippen molar-refractivity contribution < 1.29 is 0 Å². The van der Waals surface area contributed by atoms with Gasteiger partial charge in [-0.1, -0.05) is 11.6 Å². The average molecular weight is 160 g/mol. The van der Waals surface area contributed by atoms with Gasteiger partial charge in [0.15, 0.2) is 5.82 Å². The first-order valence-corrected chi connectivity index (χ1v) is 3.53. The number of halogens is 1. The number of aromatic nitrogens is 2. The maximum Gasteiger partial charge on any atom is 0.164 e. The van der Waals surface area contributed by atoms with E-state index in [0.717, 1.165) is 12.2 Å². The lowest BCUT2D eigenvalue weighted by Gasteiger charge is -1.95. The van der Waals surface area contributed by atoms with Gasteiger partial charge in [-0.3, -0.25) is 4.68 Å². The van der Waals surface area contributed by atoms with Crippen molar-refractivity contribution in [2.75, 3.05) is 5.73 Å². The Morgan fingerprint density at radius 1 is 1.70 bits per heavy atom. The fourth-order valence-corrected chi connectivity index (χ4v) is 0.991. The van der Waals surface area contributed by atoms with Gasteiger partial charge >= 0.3 is 0 Å². The number of hydrogen-bond donors (Lipinski definition) is 1. The minimum Gasteiger partial charge on any atom is -0.381 e. The fourth-order valence-electron chi connectivity index (χ4n) is 0.855. The van der Waals surface area contributed by atoms with Crippen molar-refractivity contribution in [3.8, 4) is 0 Å². The van der Waals surface area contributed by atoms with Gasteiger partial charge in [-0.25, -0.2) is 0 Å². The number of anilines is 1. The lowest BCUT2D eigenvalue weighted by atomic mass is 10.4. The van der Waals surface area contributed by atoms with Crippen molar-refractivity contribution in [2.45, 2.75) is 20.4 Å². The SMILES string of the molecule is CCn1nc(N)c(Cl)c1C. The highest BCUT2D eigenvalue weighted by atomic mass is 35.5. The Balaban J connectivity index is 3.17. The normalized spacial score (nSPS) is 10.3. The molecule has 1 aromatic heterocycles. The van der Waals surface area contributed by atoms with Crippen LogP contribution in [0.3, 0.4) is 0 Å². The monoisotopic (exact) mass is 159 g/mol. The first kappa shape index (κ1) is 7.41. The van der Waals surface area contributed by atoms with Crippen LogP contribution < -0.4 is 5.73 Å². The van der Waals surface area contributed by atoms with Gasteiger partial charge in [-0.05, 0) is 13.8 Å². The molecule has 0 radical (unpaired) electrons. The van der Waals surface area contributed by atoms with Gasteiger partial charge in [-0.2, -0.15) is 5.10 Å². The Morgan fingerprint density at radius 2 is 2.30 bits per heavy atom. The van der Waals surface area contributed by atoms with Gasteiger partial charge in [0.2, 0.25) is 0 Å². The molecule has 56 valence electrons. The summed E-state index contributed by atoms with van der Waals surface area (Å²) in [4.78, 5) is 0. The van der Waals surface area contributed by atoms with Gasteiger partial charge in [0.1, 0.15) is 5.02 Å². The molecule has 0 aliphatic rings. The molecule has 0 saturated carbocycles. The van der Waals surface area contributed by atoms with Gasteiger partial charge < -0.3 is 5.73 Å². The number of aryl methyl sites for hydroxylation is 1. The Labute approximate surface area is 64.8 Å². The second-order valence-corrected chi connectivity index (χ2v) is 2.48. The molecule has 0 aliphatic carbocycles. The molecule has 1 aromatic rings. The zero-order chi connectivity index (χ0) is 7.72. The third kappa shape index (κ3) is 0.968. The van der Waals surface area contributed by atoms with Crippen LogP contribution in [0, 0.1) is 6.92 Å². The van der Waals surface area contributed by atoms with Crippen molar-refractivity contribution in [1.82, 2.24) is 9.78 Å². The van der Waals surface area contributed by atoms with Gasteiger partial charge in [-0.15, -0.1) is 0 Å². The molecule has 2 N–H and O–H groups in total. The van der Waals surface area contributed by atoms with E-state index in [9.17, 15) is 0 Å². The molecule has 10 heavy (non-hydrogen) atoms. The first-order chi connectivity index (χ1) is 4.66. The summed E-state index contributed by atoms with van der Waals surface area (Å²) in [7, 11) is 0. The van der Waals surface area contributed by atoms with Crippen LogP contribution in [0.1, 0.15) is 12.6 Å². The van der Waals surface area contributed by atoms with E-state index in [1.54, 1.807) is 4.68 Å². The zero-order valence-electron chi connectivity index (χ0n) is 6.06. The summed E-state index contributed by atoms with van der Waals surface area (Å²) in [5.74, 6) is 0.418. The van der Waals surface area contributed by atoms with Crippen molar-refractivity contribution >= 4 is 17.4 Å². The molecule has 0 aromatic carbocycles. The molecule has 0 spiro atoms. The molecular weight excluding hydrogens is 150 g/mol. The Bertz CT molecular complexity index is 241. The van der Waals surface area contributed by atoms with E-state index in [4.69, 9.17) is 17.3 Å². The second kappa shape index (κ2) is 2.50. The molecule has 0 atom stereocenters. The van der Waals surface area contributed by atoms with Crippen LogP contribution in [0.2, 0.25) is 5.02 Å². The molecule has 0 saturated heterocycles. The van der Waals surface area contributed by atoms with Crippen molar-refractivity contribution in [3.63, 3.8) is 0 Å². The first-order valence-electron chi connectivity index (χ1n) is 3.15. The maximum absolute atomic E-state index is 5.77. The largest absolute Gasteiger partial charge is 0.381 e. The quantitative estimate of drug-likeness (QED) is 0.674. The highest BCUT2D eigenvalue weighted by molar-refractivity contribution is 6.33. The molecule has 4 heteroatoms. The van der Waals surface area contributed by atoms with Gasteiger partial charge in [0, 0.05) is 6.54 Å². The van der Waals surface area contributed by atoms with Gasteiger partial charge in [0.05, 0.1) is 5.69 Å². The van der Waals surface area contributed by atoms with Crippen LogP contribution in [0.25, 0.3) is 0 Å². The molecule has 0 unspecified atom stereocenters. The lowest BCUT2D eigenvalue weighted by Crippen LogP contribution is -1.98. The van der Waals surface area contributed by atoms with E-state index in [1.165, 1.54) is 0 Å². The highest BCUT2D eigenvalue weighted by Gasteiger charge is 2.06. The minimum absolute atomic E-state index is 0.418. The summed E-state index contributed by atoms with van der Waals surface area (Å²) in [6, 6.07) is 0. The Morgan fingerprint density at radius 3 is 2.50 bits per heavy atom. The molecule has 3 nitrogen and oxygen atoms in total.